The summed E-state index contributed by atoms with van der Waals surface area (Å²) in [5.74, 6) is 0.133. The minimum absolute atomic E-state index is 0.190. The van der Waals surface area contributed by atoms with Crippen molar-refractivity contribution in [1.29, 1.82) is 0 Å². The zero-order valence-corrected chi connectivity index (χ0v) is 11.2. The maximum Gasteiger partial charge on any atom is 0.306 e. The van der Waals surface area contributed by atoms with Crippen molar-refractivity contribution >= 4 is 5.97 Å². The van der Waals surface area contributed by atoms with Gasteiger partial charge in [0.2, 0.25) is 0 Å². The molecule has 4 atom stereocenters. The van der Waals surface area contributed by atoms with Crippen molar-refractivity contribution < 1.29 is 9.90 Å². The van der Waals surface area contributed by atoms with Crippen LogP contribution in [0, 0.1) is 28.6 Å². The number of carboxylic acid groups (broad SMARTS) is 1. The molecule has 0 aromatic heterocycles. The summed E-state index contributed by atoms with van der Waals surface area (Å²) >= 11 is 0. The van der Waals surface area contributed by atoms with Gasteiger partial charge in [0.05, 0.1) is 5.92 Å². The Hall–Kier alpha value is -0.570. The van der Waals surface area contributed by atoms with Gasteiger partial charge in [0.1, 0.15) is 0 Å². The summed E-state index contributed by atoms with van der Waals surface area (Å²) in [5, 5.41) is 9.42. The smallest absolute Gasteiger partial charge is 0.306 e. The lowest BCUT2D eigenvalue weighted by atomic mass is 9.63. The van der Waals surface area contributed by atoms with Crippen LogP contribution in [0.5, 0.6) is 0 Å². The molecule has 0 aromatic carbocycles. The number of hydrogen-bond donors (Lipinski definition) is 2. The molecule has 2 aliphatic rings. The van der Waals surface area contributed by atoms with Gasteiger partial charge in [-0.15, -0.1) is 0 Å². The lowest BCUT2D eigenvalue weighted by Crippen LogP contribution is -2.39. The Kier molecular flexibility index (Phi) is 3.01. The van der Waals surface area contributed by atoms with Crippen LogP contribution in [0.4, 0.5) is 0 Å². The van der Waals surface area contributed by atoms with E-state index in [0.717, 1.165) is 6.42 Å². The van der Waals surface area contributed by atoms with Crippen LogP contribution in [0.2, 0.25) is 0 Å². The van der Waals surface area contributed by atoms with Crippen molar-refractivity contribution in [3.05, 3.63) is 0 Å². The largest absolute Gasteiger partial charge is 0.481 e. The van der Waals surface area contributed by atoms with E-state index in [-0.39, 0.29) is 11.3 Å². The Balaban J connectivity index is 2.27. The van der Waals surface area contributed by atoms with Gasteiger partial charge in [-0.1, -0.05) is 20.8 Å². The molecule has 3 heteroatoms. The number of rotatable bonds is 4. The molecule has 2 bridgehead atoms. The summed E-state index contributed by atoms with van der Waals surface area (Å²) in [6.45, 7) is 7.43. The van der Waals surface area contributed by atoms with Crippen molar-refractivity contribution in [2.45, 2.75) is 46.5 Å². The van der Waals surface area contributed by atoms with Gasteiger partial charge in [-0.05, 0) is 54.9 Å². The molecule has 0 spiro atoms. The van der Waals surface area contributed by atoms with Gasteiger partial charge in [-0.2, -0.15) is 0 Å². The molecule has 2 saturated carbocycles. The number of fused-ring (bicyclic) bond motifs is 2. The highest BCUT2D eigenvalue weighted by Crippen LogP contribution is 2.69. The van der Waals surface area contributed by atoms with Crippen molar-refractivity contribution in [3.63, 3.8) is 0 Å². The fourth-order valence-electron chi connectivity index (χ4n) is 4.55. The number of aliphatic carboxylic acids is 1. The summed E-state index contributed by atoms with van der Waals surface area (Å²) in [6.07, 6.45) is 4.16. The van der Waals surface area contributed by atoms with E-state index in [2.05, 4.69) is 20.8 Å². The molecule has 0 radical (unpaired) electrons. The normalized spacial score (nSPS) is 40.5. The molecule has 0 saturated heterocycles. The van der Waals surface area contributed by atoms with E-state index in [9.17, 15) is 9.90 Å². The molecule has 0 aliphatic heterocycles. The second kappa shape index (κ2) is 3.98. The van der Waals surface area contributed by atoms with Gasteiger partial charge < -0.3 is 10.8 Å². The maximum absolute atomic E-state index is 11.5. The number of hydrogen-bond acceptors (Lipinski definition) is 2. The van der Waals surface area contributed by atoms with Crippen LogP contribution in [0.25, 0.3) is 0 Å². The molecular formula is C14H25NO2. The topological polar surface area (TPSA) is 63.3 Å². The molecular weight excluding hydrogens is 214 g/mol. The molecule has 0 heterocycles. The Morgan fingerprint density at radius 3 is 2.47 bits per heavy atom. The van der Waals surface area contributed by atoms with Crippen LogP contribution in [0.15, 0.2) is 0 Å². The lowest BCUT2D eigenvalue weighted by molar-refractivity contribution is -0.146. The van der Waals surface area contributed by atoms with Crippen LogP contribution in [-0.2, 0) is 4.79 Å². The van der Waals surface area contributed by atoms with E-state index < -0.39 is 5.97 Å². The first-order valence-corrected chi connectivity index (χ1v) is 6.77. The Morgan fingerprint density at radius 1 is 1.47 bits per heavy atom. The molecule has 2 aliphatic carbocycles. The second-order valence-electron chi connectivity index (χ2n) is 6.74. The first kappa shape index (κ1) is 12.9. The number of carboxylic acids is 1. The standard InChI is InChI=1S/C14H25NO2/c1-13(2)9-4-6-14(13,3)11(8-9)10(5-7-15)12(16)17/h9-11H,4-8,15H2,1-3H3,(H,16,17)/t9-,10+,11?,14-/m1/s1. The van der Waals surface area contributed by atoms with Crippen LogP contribution in [-0.4, -0.2) is 17.6 Å². The predicted molar refractivity (Wildman–Crippen MR) is 67.5 cm³/mol. The highest BCUT2D eigenvalue weighted by atomic mass is 16.4. The molecule has 17 heavy (non-hydrogen) atoms. The minimum atomic E-state index is -0.648. The summed E-state index contributed by atoms with van der Waals surface area (Å²) in [6, 6.07) is 0. The summed E-state index contributed by atoms with van der Waals surface area (Å²) < 4.78 is 0. The monoisotopic (exact) mass is 239 g/mol. The van der Waals surface area contributed by atoms with Gasteiger partial charge in [-0.25, -0.2) is 0 Å². The Morgan fingerprint density at radius 2 is 2.12 bits per heavy atom. The first-order chi connectivity index (χ1) is 7.84. The zero-order chi connectivity index (χ0) is 12.8. The maximum atomic E-state index is 11.5. The van der Waals surface area contributed by atoms with E-state index in [0.29, 0.717) is 30.2 Å². The fraction of sp³-hybridized carbons (Fsp3) is 0.929. The number of nitrogens with two attached hydrogens (primary N) is 1. The summed E-state index contributed by atoms with van der Waals surface area (Å²) in [5.41, 5.74) is 6.06. The van der Waals surface area contributed by atoms with Crippen LogP contribution in [0.3, 0.4) is 0 Å². The van der Waals surface area contributed by atoms with E-state index in [1.54, 1.807) is 0 Å². The lowest BCUT2D eigenvalue weighted by Gasteiger charge is -2.41. The van der Waals surface area contributed by atoms with Crippen LogP contribution in [0.1, 0.15) is 46.5 Å². The van der Waals surface area contributed by atoms with E-state index >= 15 is 0 Å². The molecule has 0 amide bonds. The SMILES string of the molecule is CC1(C)[C@@H]2CC[C@]1(C)C([C@H](CCN)C(=O)O)C2. The average molecular weight is 239 g/mol. The fourth-order valence-corrected chi connectivity index (χ4v) is 4.55. The molecule has 2 fully saturated rings. The first-order valence-electron chi connectivity index (χ1n) is 6.77. The van der Waals surface area contributed by atoms with Gasteiger partial charge in [0.25, 0.3) is 0 Å². The zero-order valence-electron chi connectivity index (χ0n) is 11.2. The number of carbonyl (C=O) groups is 1. The molecule has 3 N–H and O–H groups in total. The third-order valence-corrected chi connectivity index (χ3v) is 6.14. The molecule has 98 valence electrons. The second-order valence-corrected chi connectivity index (χ2v) is 6.74. The average Bonchev–Trinajstić information content (AvgIpc) is 2.57. The summed E-state index contributed by atoms with van der Waals surface area (Å²) in [4.78, 5) is 11.5. The van der Waals surface area contributed by atoms with Crippen molar-refractivity contribution in [3.8, 4) is 0 Å². The molecule has 1 unspecified atom stereocenters. The third kappa shape index (κ3) is 1.62. The van der Waals surface area contributed by atoms with Crippen molar-refractivity contribution in [2.75, 3.05) is 6.54 Å². The van der Waals surface area contributed by atoms with Crippen molar-refractivity contribution in [2.24, 2.45) is 34.3 Å². The molecule has 3 nitrogen and oxygen atoms in total. The third-order valence-electron chi connectivity index (χ3n) is 6.14. The molecule has 2 rings (SSSR count). The Bertz CT molecular complexity index is 326. The van der Waals surface area contributed by atoms with E-state index in [1.165, 1.54) is 12.8 Å². The quantitative estimate of drug-likeness (QED) is 0.792. The highest BCUT2D eigenvalue weighted by molar-refractivity contribution is 5.70. The van der Waals surface area contributed by atoms with Crippen molar-refractivity contribution in [1.82, 2.24) is 0 Å². The molecule has 0 aromatic rings. The van der Waals surface area contributed by atoms with Gasteiger partial charge in [0, 0.05) is 0 Å². The summed E-state index contributed by atoms with van der Waals surface area (Å²) in [7, 11) is 0. The van der Waals surface area contributed by atoms with Gasteiger partial charge in [-0.3, -0.25) is 4.79 Å². The van der Waals surface area contributed by atoms with E-state index in [4.69, 9.17) is 5.73 Å². The van der Waals surface area contributed by atoms with Gasteiger partial charge in [0.15, 0.2) is 0 Å². The Labute approximate surface area is 104 Å². The predicted octanol–water partition coefficient (Wildman–Crippen LogP) is 2.50. The van der Waals surface area contributed by atoms with Gasteiger partial charge >= 0.3 is 5.97 Å². The minimum Gasteiger partial charge on any atom is -0.481 e. The van der Waals surface area contributed by atoms with Crippen LogP contribution >= 0.6 is 0 Å². The highest BCUT2D eigenvalue weighted by Gasteiger charge is 2.63. The van der Waals surface area contributed by atoms with Crippen LogP contribution < -0.4 is 5.73 Å². The van der Waals surface area contributed by atoms with E-state index in [1.807, 2.05) is 0 Å².